The second-order valence-electron chi connectivity index (χ2n) is 3.17. The van der Waals surface area contributed by atoms with E-state index in [4.69, 9.17) is 4.74 Å². The van der Waals surface area contributed by atoms with Crippen LogP contribution in [0.5, 0.6) is 5.75 Å². The van der Waals surface area contributed by atoms with Crippen LogP contribution >= 0.6 is 15.9 Å². The van der Waals surface area contributed by atoms with Crippen LogP contribution in [-0.4, -0.2) is 12.9 Å². The van der Waals surface area contributed by atoms with Crippen molar-refractivity contribution in [2.75, 3.05) is 7.11 Å². The predicted octanol–water partition coefficient (Wildman–Crippen LogP) is 3.15. The average Bonchev–Trinajstić information content (AvgIpc) is 2.21. The predicted molar refractivity (Wildman–Crippen MR) is 64.2 cm³/mol. The van der Waals surface area contributed by atoms with Crippen molar-refractivity contribution in [1.82, 2.24) is 0 Å². The van der Waals surface area contributed by atoms with Crippen molar-refractivity contribution < 1.29 is 9.53 Å². The maximum absolute atomic E-state index is 11.4. The molecule has 0 aromatic heterocycles. The monoisotopic (exact) mass is 268 g/mol. The Morgan fingerprint density at radius 1 is 1.60 bits per heavy atom. The van der Waals surface area contributed by atoms with Crippen LogP contribution < -0.4 is 4.74 Å². The number of ether oxygens (including phenoxy) is 1. The molecule has 0 amide bonds. The summed E-state index contributed by atoms with van der Waals surface area (Å²) in [5, 5.41) is 0. The van der Waals surface area contributed by atoms with E-state index in [1.54, 1.807) is 13.2 Å². The van der Waals surface area contributed by atoms with Gasteiger partial charge in [-0.25, -0.2) is 0 Å². The maximum atomic E-state index is 11.4. The largest absolute Gasteiger partial charge is 0.497 e. The Balaban J connectivity index is 2.83. The molecular weight excluding hydrogens is 256 g/mol. The van der Waals surface area contributed by atoms with Crippen molar-refractivity contribution in [3.05, 3.63) is 40.9 Å². The lowest BCUT2D eigenvalue weighted by molar-refractivity contribution is -0.117. The molecule has 15 heavy (non-hydrogen) atoms. The van der Waals surface area contributed by atoms with Gasteiger partial charge in [0.05, 0.1) is 7.11 Å². The molecule has 0 unspecified atom stereocenters. The van der Waals surface area contributed by atoms with Crippen LogP contribution in [0.2, 0.25) is 0 Å². The summed E-state index contributed by atoms with van der Waals surface area (Å²) in [6.45, 7) is 3.54. The zero-order valence-electron chi connectivity index (χ0n) is 8.63. The van der Waals surface area contributed by atoms with Gasteiger partial charge in [0.1, 0.15) is 11.5 Å². The SMILES string of the molecule is C=CCC(=O)Cc1cc(OC)ccc1Br. The van der Waals surface area contributed by atoms with E-state index in [-0.39, 0.29) is 5.78 Å². The average molecular weight is 269 g/mol. The highest BCUT2D eigenvalue weighted by Crippen LogP contribution is 2.23. The zero-order valence-corrected chi connectivity index (χ0v) is 10.2. The minimum atomic E-state index is 0.152. The molecule has 0 saturated heterocycles. The first-order valence-corrected chi connectivity index (χ1v) is 5.41. The number of methoxy groups -OCH3 is 1. The van der Waals surface area contributed by atoms with Gasteiger partial charge in [0.2, 0.25) is 0 Å². The van der Waals surface area contributed by atoms with E-state index >= 15 is 0 Å². The summed E-state index contributed by atoms with van der Waals surface area (Å²) in [6.07, 6.45) is 2.43. The van der Waals surface area contributed by atoms with Gasteiger partial charge in [-0.1, -0.05) is 22.0 Å². The van der Waals surface area contributed by atoms with Gasteiger partial charge >= 0.3 is 0 Å². The van der Waals surface area contributed by atoms with E-state index in [9.17, 15) is 4.79 Å². The normalized spacial score (nSPS) is 9.73. The highest BCUT2D eigenvalue weighted by Gasteiger charge is 2.06. The molecule has 0 spiro atoms. The molecule has 0 aliphatic heterocycles. The zero-order chi connectivity index (χ0) is 11.3. The number of benzene rings is 1. The fourth-order valence-corrected chi connectivity index (χ4v) is 1.65. The minimum absolute atomic E-state index is 0.152. The van der Waals surface area contributed by atoms with Gasteiger partial charge in [0, 0.05) is 17.3 Å². The molecule has 1 aromatic carbocycles. The summed E-state index contributed by atoms with van der Waals surface area (Å²) in [5.41, 5.74) is 0.946. The Hall–Kier alpha value is -1.09. The highest BCUT2D eigenvalue weighted by atomic mass is 79.9. The molecule has 0 aliphatic carbocycles. The van der Waals surface area contributed by atoms with Gasteiger partial charge in [0.25, 0.3) is 0 Å². The molecule has 0 bridgehead atoms. The van der Waals surface area contributed by atoms with Crippen LogP contribution in [0.25, 0.3) is 0 Å². The van der Waals surface area contributed by atoms with Crippen molar-refractivity contribution in [3.63, 3.8) is 0 Å². The van der Waals surface area contributed by atoms with Crippen LogP contribution in [0.1, 0.15) is 12.0 Å². The van der Waals surface area contributed by atoms with Crippen molar-refractivity contribution in [2.45, 2.75) is 12.8 Å². The third-order valence-corrected chi connectivity index (χ3v) is 2.79. The Bertz CT molecular complexity index is 372. The van der Waals surface area contributed by atoms with Gasteiger partial charge in [0.15, 0.2) is 0 Å². The molecule has 1 rings (SSSR count). The van der Waals surface area contributed by atoms with Crippen LogP contribution in [-0.2, 0) is 11.2 Å². The first-order valence-electron chi connectivity index (χ1n) is 4.62. The van der Waals surface area contributed by atoms with Gasteiger partial charge in [-0.05, 0) is 23.8 Å². The standard InChI is InChI=1S/C12H13BrO2/c1-3-4-10(14)7-9-8-11(15-2)5-6-12(9)13/h3,5-6,8H,1,4,7H2,2H3. The fourth-order valence-electron chi connectivity index (χ4n) is 1.26. The lowest BCUT2D eigenvalue weighted by Crippen LogP contribution is -2.01. The maximum Gasteiger partial charge on any atom is 0.141 e. The Morgan fingerprint density at radius 3 is 2.93 bits per heavy atom. The summed E-state index contributed by atoms with van der Waals surface area (Å²) in [4.78, 5) is 11.4. The fraction of sp³-hybridized carbons (Fsp3) is 0.250. The van der Waals surface area contributed by atoms with Crippen molar-refractivity contribution in [2.24, 2.45) is 0 Å². The second kappa shape index (κ2) is 5.71. The van der Waals surface area contributed by atoms with E-state index in [0.29, 0.717) is 12.8 Å². The van der Waals surface area contributed by atoms with Crippen LogP contribution in [0.15, 0.2) is 35.3 Å². The molecular formula is C12H13BrO2. The molecule has 0 fully saturated rings. The van der Waals surface area contributed by atoms with Gasteiger partial charge in [-0.15, -0.1) is 6.58 Å². The lowest BCUT2D eigenvalue weighted by atomic mass is 10.1. The molecule has 80 valence electrons. The molecule has 0 heterocycles. The summed E-state index contributed by atoms with van der Waals surface area (Å²) >= 11 is 3.41. The quantitative estimate of drug-likeness (QED) is 0.767. The van der Waals surface area contributed by atoms with Gasteiger partial charge in [-0.2, -0.15) is 0 Å². The van der Waals surface area contributed by atoms with Crippen LogP contribution in [0.4, 0.5) is 0 Å². The van der Waals surface area contributed by atoms with Crippen LogP contribution in [0.3, 0.4) is 0 Å². The molecule has 0 atom stereocenters. The van der Waals surface area contributed by atoms with Crippen molar-refractivity contribution >= 4 is 21.7 Å². The van der Waals surface area contributed by atoms with Crippen molar-refractivity contribution in [3.8, 4) is 5.75 Å². The number of hydrogen-bond acceptors (Lipinski definition) is 2. The summed E-state index contributed by atoms with van der Waals surface area (Å²) in [6, 6.07) is 5.60. The van der Waals surface area contributed by atoms with E-state index < -0.39 is 0 Å². The summed E-state index contributed by atoms with van der Waals surface area (Å²) in [5.74, 6) is 0.915. The first-order chi connectivity index (χ1) is 7.17. The number of carbonyl (C=O) groups excluding carboxylic acids is 1. The third-order valence-electron chi connectivity index (χ3n) is 2.01. The molecule has 0 N–H and O–H groups in total. The number of halogens is 1. The molecule has 1 aromatic rings. The number of ketones is 1. The number of allylic oxidation sites excluding steroid dienone is 1. The smallest absolute Gasteiger partial charge is 0.141 e. The minimum Gasteiger partial charge on any atom is -0.497 e. The molecule has 0 radical (unpaired) electrons. The summed E-state index contributed by atoms with van der Waals surface area (Å²) in [7, 11) is 1.61. The molecule has 0 aliphatic rings. The lowest BCUT2D eigenvalue weighted by Gasteiger charge is -2.05. The molecule has 3 heteroatoms. The topological polar surface area (TPSA) is 26.3 Å². The number of hydrogen-bond donors (Lipinski definition) is 0. The Kier molecular flexibility index (Phi) is 4.56. The summed E-state index contributed by atoms with van der Waals surface area (Å²) < 4.78 is 6.03. The second-order valence-corrected chi connectivity index (χ2v) is 4.02. The van der Waals surface area contributed by atoms with Crippen molar-refractivity contribution in [1.29, 1.82) is 0 Å². The molecule has 0 saturated carbocycles. The third kappa shape index (κ3) is 3.51. The Morgan fingerprint density at radius 2 is 2.33 bits per heavy atom. The number of Topliss-reactive ketones (excluding diaryl/α,β-unsaturated/α-hetero) is 1. The van der Waals surface area contributed by atoms with Crippen LogP contribution in [0, 0.1) is 0 Å². The van der Waals surface area contributed by atoms with E-state index in [1.807, 2.05) is 18.2 Å². The first kappa shape index (κ1) is 12.0. The van der Waals surface area contributed by atoms with Gasteiger partial charge < -0.3 is 4.74 Å². The number of carbonyl (C=O) groups is 1. The Labute approximate surface area is 98.1 Å². The van der Waals surface area contributed by atoms with E-state index in [2.05, 4.69) is 22.5 Å². The number of rotatable bonds is 5. The van der Waals surface area contributed by atoms with E-state index in [0.717, 1.165) is 15.8 Å². The van der Waals surface area contributed by atoms with Gasteiger partial charge in [-0.3, -0.25) is 4.79 Å². The molecule has 2 nitrogen and oxygen atoms in total. The highest BCUT2D eigenvalue weighted by molar-refractivity contribution is 9.10. The van der Waals surface area contributed by atoms with E-state index in [1.165, 1.54) is 0 Å².